The van der Waals surface area contributed by atoms with Crippen LogP contribution in [-0.4, -0.2) is 85.3 Å². The summed E-state index contributed by atoms with van der Waals surface area (Å²) < 4.78 is 27.3. The Balaban J connectivity index is 1.60. The number of rotatable bonds is 11. The lowest BCUT2D eigenvalue weighted by Gasteiger charge is -2.48. The molecule has 0 unspecified atom stereocenters. The van der Waals surface area contributed by atoms with E-state index in [0.717, 1.165) is 17.4 Å². The Hall–Kier alpha value is -2.70. The number of benzene rings is 3. The Kier molecular flexibility index (Phi) is 9.41. The molecule has 3 aromatic carbocycles. The molecule has 214 valence electrons. The molecule has 0 atom stereocenters. The second kappa shape index (κ2) is 12.4. The third-order valence-electron chi connectivity index (χ3n) is 6.97. The Morgan fingerprint density at radius 1 is 0.950 bits per heavy atom. The van der Waals surface area contributed by atoms with Crippen LogP contribution < -0.4 is 9.62 Å². The van der Waals surface area contributed by atoms with E-state index in [1.54, 1.807) is 12.1 Å². The molecule has 0 spiro atoms. The quantitative estimate of drug-likeness (QED) is 0.264. The van der Waals surface area contributed by atoms with Gasteiger partial charge in [-0.15, -0.1) is 0 Å². The number of carbonyl (C=O) groups excluding carboxylic acids is 1. The van der Waals surface area contributed by atoms with Crippen LogP contribution in [-0.2, 0) is 10.0 Å². The Labute approximate surface area is 243 Å². The van der Waals surface area contributed by atoms with Crippen LogP contribution in [0.3, 0.4) is 0 Å². The van der Waals surface area contributed by atoms with Crippen molar-refractivity contribution in [1.29, 1.82) is 0 Å². The van der Waals surface area contributed by atoms with Crippen LogP contribution in [0.4, 0.5) is 5.69 Å². The summed E-state index contributed by atoms with van der Waals surface area (Å²) in [6.45, 7) is -1.20. The molecule has 1 aliphatic heterocycles. The highest BCUT2D eigenvalue weighted by molar-refractivity contribution is 7.92. The number of anilines is 1. The highest BCUT2D eigenvalue weighted by Crippen LogP contribution is 2.36. The minimum atomic E-state index is -3.74. The maximum atomic E-state index is 13.0. The number of aliphatic hydroxyl groups is 3. The topological polar surface area (TPSA) is 130 Å². The molecule has 1 fully saturated rings. The van der Waals surface area contributed by atoms with Gasteiger partial charge in [0.1, 0.15) is 5.54 Å². The highest BCUT2D eigenvalue weighted by atomic mass is 35.5. The monoisotopic (exact) mass is 607 g/mol. The molecule has 0 saturated carbocycles. The second-order valence-electron chi connectivity index (χ2n) is 9.93. The SMILES string of the molecule is CS(=O)(=O)N(c1cccc(C(=O)NC(CO)(CO)CO)c1)C1CN(C(c2ccc(Cl)cc2)c2ccc(Cl)cc2)C1. The fourth-order valence-electron chi connectivity index (χ4n) is 4.79. The molecule has 0 radical (unpaired) electrons. The van der Waals surface area contributed by atoms with Crippen molar-refractivity contribution in [2.45, 2.75) is 17.6 Å². The van der Waals surface area contributed by atoms with E-state index in [9.17, 15) is 28.5 Å². The Bertz CT molecular complexity index is 1370. The Morgan fingerprint density at radius 3 is 1.90 bits per heavy atom. The van der Waals surface area contributed by atoms with Gasteiger partial charge in [0, 0.05) is 28.7 Å². The van der Waals surface area contributed by atoms with Gasteiger partial charge in [-0.05, 0) is 53.6 Å². The van der Waals surface area contributed by atoms with E-state index in [0.29, 0.717) is 28.8 Å². The van der Waals surface area contributed by atoms with E-state index >= 15 is 0 Å². The third-order valence-corrected chi connectivity index (χ3v) is 8.69. The van der Waals surface area contributed by atoms with E-state index in [2.05, 4.69) is 10.2 Å². The number of nitrogens with one attached hydrogen (secondary N) is 1. The van der Waals surface area contributed by atoms with Crippen molar-refractivity contribution >= 4 is 44.8 Å². The Morgan fingerprint density at radius 2 is 1.45 bits per heavy atom. The zero-order valence-electron chi connectivity index (χ0n) is 21.7. The molecule has 0 bridgehead atoms. The molecule has 0 aromatic heterocycles. The second-order valence-corrected chi connectivity index (χ2v) is 12.7. The fourth-order valence-corrected chi connectivity index (χ4v) is 6.21. The standard InChI is InChI=1S/C28H31Cl2N3O6S/c1-40(38,39)33(24-4-2-3-21(13-24)27(37)31-28(16-34,17-35)18-36)25-14-32(15-25)26(19-5-9-22(29)10-6-19)20-7-11-23(30)12-8-20/h2-13,25-26,34-36H,14-18H2,1H3,(H,31,37). The molecule has 1 amide bonds. The summed E-state index contributed by atoms with van der Waals surface area (Å²) in [5, 5.41) is 32.3. The van der Waals surface area contributed by atoms with Crippen molar-refractivity contribution < 1.29 is 28.5 Å². The molecule has 1 aliphatic rings. The normalized spacial score (nSPS) is 14.7. The molecule has 1 heterocycles. The summed E-state index contributed by atoms with van der Waals surface area (Å²) in [7, 11) is -3.74. The van der Waals surface area contributed by atoms with Gasteiger partial charge in [-0.1, -0.05) is 53.5 Å². The molecule has 3 aromatic rings. The lowest BCUT2D eigenvalue weighted by Crippen LogP contribution is -2.61. The average Bonchev–Trinajstić information content (AvgIpc) is 2.91. The van der Waals surface area contributed by atoms with Gasteiger partial charge in [0.2, 0.25) is 10.0 Å². The number of amides is 1. The number of aliphatic hydroxyl groups excluding tert-OH is 3. The molecule has 4 rings (SSSR count). The molecular formula is C28H31Cl2N3O6S. The van der Waals surface area contributed by atoms with Crippen LogP contribution in [0.15, 0.2) is 72.8 Å². The van der Waals surface area contributed by atoms with Crippen LogP contribution >= 0.6 is 23.2 Å². The van der Waals surface area contributed by atoms with Crippen LogP contribution in [0.5, 0.6) is 0 Å². The van der Waals surface area contributed by atoms with E-state index in [4.69, 9.17) is 23.2 Å². The number of likely N-dealkylation sites (tertiary alicyclic amines) is 1. The fraction of sp³-hybridized carbons (Fsp3) is 0.321. The molecule has 4 N–H and O–H groups in total. The number of hydrogen-bond donors (Lipinski definition) is 4. The smallest absolute Gasteiger partial charge is 0.252 e. The third kappa shape index (κ3) is 6.60. The van der Waals surface area contributed by atoms with Gasteiger partial charge < -0.3 is 20.6 Å². The molecule has 40 heavy (non-hydrogen) atoms. The molecule has 0 aliphatic carbocycles. The van der Waals surface area contributed by atoms with Crippen molar-refractivity contribution in [1.82, 2.24) is 10.2 Å². The van der Waals surface area contributed by atoms with E-state index in [-0.39, 0.29) is 11.6 Å². The van der Waals surface area contributed by atoms with Gasteiger partial charge in [0.25, 0.3) is 5.91 Å². The van der Waals surface area contributed by atoms with Gasteiger partial charge in [-0.25, -0.2) is 8.42 Å². The maximum Gasteiger partial charge on any atom is 0.252 e. The average molecular weight is 609 g/mol. The largest absolute Gasteiger partial charge is 0.394 e. The van der Waals surface area contributed by atoms with Crippen molar-refractivity contribution in [2.24, 2.45) is 0 Å². The van der Waals surface area contributed by atoms with E-state index < -0.39 is 47.3 Å². The van der Waals surface area contributed by atoms with Crippen LogP contribution in [0.1, 0.15) is 27.5 Å². The van der Waals surface area contributed by atoms with Crippen molar-refractivity contribution in [3.63, 3.8) is 0 Å². The van der Waals surface area contributed by atoms with Crippen molar-refractivity contribution in [3.05, 3.63) is 99.5 Å². The number of carbonyl (C=O) groups is 1. The minimum absolute atomic E-state index is 0.113. The lowest BCUT2D eigenvalue weighted by molar-refractivity contribution is 0.0375. The first kappa shape index (κ1) is 30.3. The van der Waals surface area contributed by atoms with E-state index in [1.165, 1.54) is 16.4 Å². The predicted molar refractivity (Wildman–Crippen MR) is 155 cm³/mol. The summed E-state index contributed by atoms with van der Waals surface area (Å²) in [5.74, 6) is -0.673. The molecule has 12 heteroatoms. The number of nitrogens with zero attached hydrogens (tertiary/aromatic N) is 2. The van der Waals surface area contributed by atoms with Crippen molar-refractivity contribution in [2.75, 3.05) is 43.5 Å². The van der Waals surface area contributed by atoms with Gasteiger partial charge >= 0.3 is 0 Å². The number of sulfonamides is 1. The van der Waals surface area contributed by atoms with Gasteiger partial charge in [0.05, 0.1) is 43.8 Å². The van der Waals surface area contributed by atoms with Gasteiger partial charge in [-0.2, -0.15) is 0 Å². The summed E-state index contributed by atoms with van der Waals surface area (Å²) in [5.41, 5.74) is 0.792. The molecular weight excluding hydrogens is 577 g/mol. The first-order chi connectivity index (χ1) is 19.0. The zero-order chi connectivity index (χ0) is 29.1. The summed E-state index contributed by atoms with van der Waals surface area (Å²) in [4.78, 5) is 15.0. The first-order valence-corrected chi connectivity index (χ1v) is 15.1. The molecule has 9 nitrogen and oxygen atoms in total. The van der Waals surface area contributed by atoms with Crippen LogP contribution in [0.25, 0.3) is 0 Å². The minimum Gasteiger partial charge on any atom is -0.394 e. The predicted octanol–water partition coefficient (Wildman–Crippen LogP) is 2.68. The van der Waals surface area contributed by atoms with Crippen molar-refractivity contribution in [3.8, 4) is 0 Å². The van der Waals surface area contributed by atoms with Crippen LogP contribution in [0, 0.1) is 0 Å². The molecule has 1 saturated heterocycles. The van der Waals surface area contributed by atoms with E-state index in [1.807, 2.05) is 48.5 Å². The lowest BCUT2D eigenvalue weighted by atomic mass is 9.93. The summed E-state index contributed by atoms with van der Waals surface area (Å²) in [6, 6.07) is 20.5. The zero-order valence-corrected chi connectivity index (χ0v) is 24.1. The van der Waals surface area contributed by atoms with Gasteiger partial charge in [-0.3, -0.25) is 14.0 Å². The number of halogens is 2. The first-order valence-electron chi connectivity index (χ1n) is 12.5. The maximum absolute atomic E-state index is 13.0. The highest BCUT2D eigenvalue weighted by Gasteiger charge is 2.41. The summed E-state index contributed by atoms with van der Waals surface area (Å²) in [6.07, 6.45) is 1.12. The van der Waals surface area contributed by atoms with Gasteiger partial charge in [0.15, 0.2) is 0 Å². The summed E-state index contributed by atoms with van der Waals surface area (Å²) >= 11 is 12.2. The van der Waals surface area contributed by atoms with Crippen LogP contribution in [0.2, 0.25) is 10.0 Å². The number of hydrogen-bond acceptors (Lipinski definition) is 7.